The van der Waals surface area contributed by atoms with E-state index in [1.165, 1.54) is 25.6 Å². The van der Waals surface area contributed by atoms with Crippen molar-refractivity contribution in [2.45, 2.75) is 26.6 Å². The van der Waals surface area contributed by atoms with E-state index in [9.17, 15) is 9.18 Å². The lowest BCUT2D eigenvalue weighted by Crippen LogP contribution is -2.42. The number of benzene rings is 3. The van der Waals surface area contributed by atoms with E-state index < -0.39 is 17.9 Å². The van der Waals surface area contributed by atoms with Crippen LogP contribution in [0.3, 0.4) is 0 Å². The van der Waals surface area contributed by atoms with E-state index in [2.05, 4.69) is 9.98 Å². The smallest absolute Gasteiger partial charge is 0.263 e. The minimum Gasteiger partial charge on any atom is -0.497 e. The number of amidine groups is 1. The summed E-state index contributed by atoms with van der Waals surface area (Å²) in [5.41, 5.74) is 10.7. The molecule has 3 aromatic carbocycles. The van der Waals surface area contributed by atoms with Crippen molar-refractivity contribution in [3.8, 4) is 11.4 Å². The van der Waals surface area contributed by atoms with Gasteiger partial charge in [-0.1, -0.05) is 36.4 Å². The van der Waals surface area contributed by atoms with Gasteiger partial charge in [-0.3, -0.25) is 14.4 Å². The highest BCUT2D eigenvalue weighted by Gasteiger charge is 2.42. The van der Waals surface area contributed by atoms with E-state index in [1.807, 2.05) is 62.4 Å². The Morgan fingerprint density at radius 3 is 2.62 bits per heavy atom. The number of hydrazone groups is 1. The lowest BCUT2D eigenvalue weighted by atomic mass is 9.93. The van der Waals surface area contributed by atoms with Crippen LogP contribution in [-0.4, -0.2) is 40.7 Å². The summed E-state index contributed by atoms with van der Waals surface area (Å²) < 4.78 is 21.5. The Balaban J connectivity index is 1.53. The third-order valence-electron chi connectivity index (χ3n) is 7.29. The number of hydrogen-bond donors (Lipinski definition) is 1. The summed E-state index contributed by atoms with van der Waals surface area (Å²) in [6.45, 7) is 4.18. The molecule has 0 spiro atoms. The molecule has 0 saturated heterocycles. The Labute approximate surface area is 224 Å². The zero-order valence-electron chi connectivity index (χ0n) is 21.8. The highest BCUT2D eigenvalue weighted by atomic mass is 19.1. The molecule has 2 atom stereocenters. The molecule has 0 radical (unpaired) electrons. The molecular weight excluding hydrogens is 495 g/mol. The average Bonchev–Trinajstić information content (AvgIpc) is 3.29. The van der Waals surface area contributed by atoms with Gasteiger partial charge in [-0.05, 0) is 54.6 Å². The first kappa shape index (κ1) is 24.5. The van der Waals surface area contributed by atoms with Gasteiger partial charge in [0.05, 0.1) is 30.4 Å². The number of aryl methyl sites for hydroxylation is 2. The molecule has 0 aliphatic carbocycles. The summed E-state index contributed by atoms with van der Waals surface area (Å²) in [5.74, 6) is -0.223. The number of pyridine rings is 1. The average molecular weight is 523 g/mol. The molecule has 4 aromatic rings. The third kappa shape index (κ3) is 4.16. The fourth-order valence-corrected chi connectivity index (χ4v) is 5.42. The molecule has 2 N–H and O–H groups in total. The first-order chi connectivity index (χ1) is 18.9. The molecule has 2 aliphatic rings. The fraction of sp³-hybridized carbons (Fsp3) is 0.200. The van der Waals surface area contributed by atoms with Crippen molar-refractivity contribution in [3.63, 3.8) is 0 Å². The van der Waals surface area contributed by atoms with Gasteiger partial charge in [0.1, 0.15) is 29.7 Å². The second-order valence-electron chi connectivity index (χ2n) is 9.77. The summed E-state index contributed by atoms with van der Waals surface area (Å²) in [6.07, 6.45) is 0.923. The van der Waals surface area contributed by atoms with Crippen molar-refractivity contribution in [1.82, 2.24) is 9.58 Å². The standard InChI is InChI=1S/C30H27FN6O2/c1-17-7-4-5-10-24(17)37-22(12-19-9-6-8-18(2)25(19)30(37)38)15-36-29-26(28(32)33-16-34-29)27(35-36)20-11-21(31)14-23(13-20)39-3/h4-14,16,26,29H,15H2,1-3H3,(H2,32,33,34). The number of ether oxygens (including phenoxy) is 1. The topological polar surface area (TPSA) is 97.6 Å². The van der Waals surface area contributed by atoms with E-state index in [4.69, 9.17) is 15.6 Å². The van der Waals surface area contributed by atoms with Gasteiger partial charge < -0.3 is 10.5 Å². The van der Waals surface area contributed by atoms with Gasteiger partial charge >= 0.3 is 0 Å². The number of hydrogen-bond acceptors (Lipinski definition) is 7. The van der Waals surface area contributed by atoms with Crippen LogP contribution in [-0.2, 0) is 6.54 Å². The highest BCUT2D eigenvalue weighted by molar-refractivity contribution is 6.17. The Bertz CT molecular complexity index is 1770. The molecule has 0 saturated carbocycles. The quantitative estimate of drug-likeness (QED) is 0.422. The van der Waals surface area contributed by atoms with Crippen LogP contribution in [0.2, 0.25) is 0 Å². The number of fused-ring (bicyclic) bond motifs is 2. The first-order valence-electron chi connectivity index (χ1n) is 12.6. The van der Waals surface area contributed by atoms with Crippen LogP contribution < -0.4 is 16.0 Å². The molecule has 0 amide bonds. The molecule has 39 heavy (non-hydrogen) atoms. The zero-order chi connectivity index (χ0) is 27.3. The second kappa shape index (κ2) is 9.50. The zero-order valence-corrected chi connectivity index (χ0v) is 21.8. The summed E-state index contributed by atoms with van der Waals surface area (Å²) in [7, 11) is 1.48. The van der Waals surface area contributed by atoms with Gasteiger partial charge in [-0.15, -0.1) is 0 Å². The van der Waals surface area contributed by atoms with E-state index in [1.54, 1.807) is 15.6 Å². The Kier molecular flexibility index (Phi) is 5.98. The van der Waals surface area contributed by atoms with Crippen LogP contribution in [0, 0.1) is 25.6 Å². The van der Waals surface area contributed by atoms with Crippen LogP contribution in [0.15, 0.2) is 86.6 Å². The van der Waals surface area contributed by atoms with Crippen LogP contribution in [0.1, 0.15) is 22.4 Å². The Hall–Kier alpha value is -4.79. The van der Waals surface area contributed by atoms with E-state index >= 15 is 0 Å². The molecule has 2 unspecified atom stereocenters. The van der Waals surface area contributed by atoms with Crippen molar-refractivity contribution >= 4 is 28.7 Å². The molecule has 1 aromatic heterocycles. The predicted molar refractivity (Wildman–Crippen MR) is 151 cm³/mol. The molecular formula is C30H27FN6O2. The van der Waals surface area contributed by atoms with Gasteiger partial charge in [0, 0.05) is 17.3 Å². The molecule has 196 valence electrons. The lowest BCUT2D eigenvalue weighted by Gasteiger charge is -2.27. The molecule has 0 bridgehead atoms. The predicted octanol–water partition coefficient (Wildman–Crippen LogP) is 4.32. The number of para-hydroxylation sites is 1. The van der Waals surface area contributed by atoms with Crippen molar-refractivity contribution in [3.05, 3.63) is 105 Å². The summed E-state index contributed by atoms with van der Waals surface area (Å²) in [4.78, 5) is 22.8. The monoisotopic (exact) mass is 522 g/mol. The molecule has 6 rings (SSSR count). The number of aliphatic imine (C=N–C) groups is 2. The van der Waals surface area contributed by atoms with Crippen LogP contribution in [0.25, 0.3) is 16.5 Å². The van der Waals surface area contributed by atoms with Crippen LogP contribution in [0.5, 0.6) is 5.75 Å². The highest BCUT2D eigenvalue weighted by Crippen LogP contribution is 2.32. The molecule has 8 nitrogen and oxygen atoms in total. The number of halogens is 1. The van der Waals surface area contributed by atoms with Gasteiger partial charge in [-0.2, -0.15) is 5.10 Å². The number of nitrogens with two attached hydrogens (primary N) is 1. The van der Waals surface area contributed by atoms with Crippen LogP contribution >= 0.6 is 0 Å². The summed E-state index contributed by atoms with van der Waals surface area (Å²) in [6, 6.07) is 20.1. The van der Waals surface area contributed by atoms with Crippen molar-refractivity contribution in [2.75, 3.05) is 7.11 Å². The largest absolute Gasteiger partial charge is 0.497 e. The maximum absolute atomic E-state index is 14.5. The van der Waals surface area contributed by atoms with Gasteiger partial charge in [0.2, 0.25) is 0 Å². The van der Waals surface area contributed by atoms with Gasteiger partial charge in [0.25, 0.3) is 5.56 Å². The Morgan fingerprint density at radius 2 is 1.82 bits per heavy atom. The van der Waals surface area contributed by atoms with Crippen molar-refractivity contribution < 1.29 is 9.13 Å². The van der Waals surface area contributed by atoms with Gasteiger partial charge in [0.15, 0.2) is 6.17 Å². The minimum atomic E-state index is -0.500. The van der Waals surface area contributed by atoms with Crippen molar-refractivity contribution in [1.29, 1.82) is 0 Å². The van der Waals surface area contributed by atoms with Crippen LogP contribution in [0.4, 0.5) is 4.39 Å². The fourth-order valence-electron chi connectivity index (χ4n) is 5.42. The molecule has 9 heteroatoms. The number of methoxy groups -OCH3 is 1. The maximum atomic E-state index is 14.5. The SMILES string of the molecule is COc1cc(F)cc(C2=NN(Cc3cc4cccc(C)c4c(=O)n3-c3ccccc3C)C3N=CN=C(N)C23)c1. The first-order valence-corrected chi connectivity index (χ1v) is 12.6. The molecule has 3 heterocycles. The van der Waals surface area contributed by atoms with Gasteiger partial charge in [-0.25, -0.2) is 14.4 Å². The third-order valence-corrected chi connectivity index (χ3v) is 7.29. The summed E-state index contributed by atoms with van der Waals surface area (Å²) >= 11 is 0. The van der Waals surface area contributed by atoms with Crippen molar-refractivity contribution in [2.24, 2.45) is 26.7 Å². The Morgan fingerprint density at radius 1 is 1.03 bits per heavy atom. The summed E-state index contributed by atoms with van der Waals surface area (Å²) in [5, 5.41) is 8.20. The normalized spacial score (nSPS) is 18.2. The maximum Gasteiger partial charge on any atom is 0.263 e. The lowest BCUT2D eigenvalue weighted by molar-refractivity contribution is 0.210. The molecule has 0 fully saturated rings. The number of nitrogens with zero attached hydrogens (tertiary/aromatic N) is 5. The molecule has 2 aliphatic heterocycles. The van der Waals surface area contributed by atoms with E-state index in [0.717, 1.165) is 27.9 Å². The van der Waals surface area contributed by atoms with E-state index in [0.29, 0.717) is 28.2 Å². The van der Waals surface area contributed by atoms with E-state index in [-0.39, 0.29) is 12.1 Å². The second-order valence-corrected chi connectivity index (χ2v) is 9.77. The number of aromatic nitrogens is 1. The minimum absolute atomic E-state index is 0.0991. The number of rotatable bonds is 5.